The van der Waals surface area contributed by atoms with Gasteiger partial charge in [0.2, 0.25) is 5.91 Å². The fourth-order valence-electron chi connectivity index (χ4n) is 2.16. The standard InChI is InChI=1S/C17H19NO3/c1-12(14-6-8-15(19)9-7-14)18(2)17(21)11-13-4-3-5-16(20)10-13/h3-10,12,19-20H,11H2,1-2H3. The van der Waals surface area contributed by atoms with Crippen molar-refractivity contribution in [2.45, 2.75) is 19.4 Å². The summed E-state index contributed by atoms with van der Waals surface area (Å²) >= 11 is 0. The summed E-state index contributed by atoms with van der Waals surface area (Å²) in [6.07, 6.45) is 0.243. The van der Waals surface area contributed by atoms with Crippen molar-refractivity contribution < 1.29 is 15.0 Å². The van der Waals surface area contributed by atoms with Gasteiger partial charge in [0.1, 0.15) is 11.5 Å². The van der Waals surface area contributed by atoms with Gasteiger partial charge in [-0.3, -0.25) is 4.79 Å². The predicted octanol–water partition coefficient (Wildman–Crippen LogP) is 2.86. The van der Waals surface area contributed by atoms with E-state index in [1.165, 1.54) is 0 Å². The van der Waals surface area contributed by atoms with Crippen LogP contribution in [0.3, 0.4) is 0 Å². The summed E-state index contributed by atoms with van der Waals surface area (Å²) in [5.74, 6) is 0.343. The SMILES string of the molecule is CC(c1ccc(O)cc1)N(C)C(=O)Cc1cccc(O)c1. The molecule has 21 heavy (non-hydrogen) atoms. The van der Waals surface area contributed by atoms with Gasteiger partial charge in [-0.1, -0.05) is 24.3 Å². The van der Waals surface area contributed by atoms with Gasteiger partial charge in [-0.25, -0.2) is 0 Å². The molecule has 2 aromatic carbocycles. The first-order valence-corrected chi connectivity index (χ1v) is 6.80. The van der Waals surface area contributed by atoms with Crippen LogP contribution in [0, 0.1) is 0 Å². The Kier molecular flexibility index (Phi) is 4.48. The smallest absolute Gasteiger partial charge is 0.227 e. The van der Waals surface area contributed by atoms with E-state index in [-0.39, 0.29) is 29.9 Å². The van der Waals surface area contributed by atoms with Gasteiger partial charge in [0, 0.05) is 7.05 Å². The number of amides is 1. The number of carbonyl (C=O) groups excluding carboxylic acids is 1. The van der Waals surface area contributed by atoms with Gasteiger partial charge in [0.25, 0.3) is 0 Å². The van der Waals surface area contributed by atoms with E-state index in [1.54, 1.807) is 54.4 Å². The van der Waals surface area contributed by atoms with Crippen LogP contribution in [0.2, 0.25) is 0 Å². The van der Waals surface area contributed by atoms with Crippen LogP contribution in [0.1, 0.15) is 24.1 Å². The molecule has 2 N–H and O–H groups in total. The van der Waals surface area contributed by atoms with Crippen LogP contribution in [-0.4, -0.2) is 28.1 Å². The van der Waals surface area contributed by atoms with E-state index in [0.717, 1.165) is 11.1 Å². The summed E-state index contributed by atoms with van der Waals surface area (Å²) in [7, 11) is 1.75. The highest BCUT2D eigenvalue weighted by atomic mass is 16.3. The molecule has 110 valence electrons. The molecule has 0 aliphatic rings. The molecule has 0 fully saturated rings. The minimum Gasteiger partial charge on any atom is -0.508 e. The Bertz CT molecular complexity index is 622. The molecule has 0 aliphatic heterocycles. The van der Waals surface area contributed by atoms with Crippen molar-refractivity contribution in [1.82, 2.24) is 4.90 Å². The molecule has 0 saturated carbocycles. The maximum Gasteiger partial charge on any atom is 0.227 e. The summed E-state index contributed by atoms with van der Waals surface area (Å²) in [6.45, 7) is 1.94. The Morgan fingerprint density at radius 1 is 1.10 bits per heavy atom. The third kappa shape index (κ3) is 3.75. The number of phenolic OH excluding ortho intramolecular Hbond substituents is 2. The molecule has 1 atom stereocenters. The van der Waals surface area contributed by atoms with Crippen LogP contribution >= 0.6 is 0 Å². The molecule has 1 amide bonds. The topological polar surface area (TPSA) is 60.8 Å². The number of likely N-dealkylation sites (N-methyl/N-ethyl adjacent to an activating group) is 1. The second kappa shape index (κ2) is 6.31. The number of rotatable bonds is 4. The molecule has 2 rings (SSSR count). The quantitative estimate of drug-likeness (QED) is 0.908. The number of nitrogens with zero attached hydrogens (tertiary/aromatic N) is 1. The van der Waals surface area contributed by atoms with Crippen molar-refractivity contribution in [2.75, 3.05) is 7.05 Å². The summed E-state index contributed by atoms with van der Waals surface area (Å²) < 4.78 is 0. The molecule has 0 aromatic heterocycles. The first kappa shape index (κ1) is 14.9. The second-order valence-electron chi connectivity index (χ2n) is 5.12. The van der Waals surface area contributed by atoms with Crippen LogP contribution in [0.15, 0.2) is 48.5 Å². The lowest BCUT2D eigenvalue weighted by Gasteiger charge is -2.25. The molecule has 0 saturated heterocycles. The van der Waals surface area contributed by atoms with Crippen molar-refractivity contribution in [3.63, 3.8) is 0 Å². The number of aromatic hydroxyl groups is 2. The lowest BCUT2D eigenvalue weighted by atomic mass is 10.1. The molecule has 4 nitrogen and oxygen atoms in total. The Balaban J connectivity index is 2.06. The Labute approximate surface area is 124 Å². The van der Waals surface area contributed by atoms with Gasteiger partial charge in [-0.15, -0.1) is 0 Å². The Morgan fingerprint density at radius 3 is 2.38 bits per heavy atom. The van der Waals surface area contributed by atoms with E-state index in [9.17, 15) is 15.0 Å². The fourth-order valence-corrected chi connectivity index (χ4v) is 2.16. The van der Waals surface area contributed by atoms with Crippen molar-refractivity contribution in [1.29, 1.82) is 0 Å². The van der Waals surface area contributed by atoms with E-state index in [0.29, 0.717) is 0 Å². The number of benzene rings is 2. The summed E-state index contributed by atoms with van der Waals surface area (Å²) in [6, 6.07) is 13.5. The van der Waals surface area contributed by atoms with Crippen LogP contribution in [0.5, 0.6) is 11.5 Å². The van der Waals surface area contributed by atoms with Crippen LogP contribution in [0.25, 0.3) is 0 Å². The van der Waals surface area contributed by atoms with E-state index < -0.39 is 0 Å². The largest absolute Gasteiger partial charge is 0.508 e. The predicted molar refractivity (Wildman–Crippen MR) is 81.1 cm³/mol. The normalized spacial score (nSPS) is 11.9. The van der Waals surface area contributed by atoms with E-state index in [4.69, 9.17) is 0 Å². The number of carbonyl (C=O) groups is 1. The van der Waals surface area contributed by atoms with Crippen LogP contribution in [0.4, 0.5) is 0 Å². The molecule has 0 spiro atoms. The third-order valence-electron chi connectivity index (χ3n) is 3.62. The molecule has 2 aromatic rings. The lowest BCUT2D eigenvalue weighted by molar-refractivity contribution is -0.131. The van der Waals surface area contributed by atoms with E-state index >= 15 is 0 Å². The van der Waals surface area contributed by atoms with Gasteiger partial charge in [0.15, 0.2) is 0 Å². The lowest BCUT2D eigenvalue weighted by Crippen LogP contribution is -2.30. The molecule has 4 heteroatoms. The average molecular weight is 285 g/mol. The molecule has 0 aliphatic carbocycles. The number of phenols is 2. The molecule has 0 radical (unpaired) electrons. The van der Waals surface area contributed by atoms with Gasteiger partial charge in [-0.2, -0.15) is 0 Å². The maximum atomic E-state index is 12.3. The van der Waals surface area contributed by atoms with Gasteiger partial charge in [0.05, 0.1) is 12.5 Å². The highest BCUT2D eigenvalue weighted by Crippen LogP contribution is 2.22. The average Bonchev–Trinajstić information content (AvgIpc) is 2.46. The maximum absolute atomic E-state index is 12.3. The first-order chi connectivity index (χ1) is 9.97. The van der Waals surface area contributed by atoms with E-state index in [2.05, 4.69) is 0 Å². The Hall–Kier alpha value is -2.49. The Morgan fingerprint density at radius 2 is 1.76 bits per heavy atom. The molecule has 0 heterocycles. The van der Waals surface area contributed by atoms with Gasteiger partial charge < -0.3 is 15.1 Å². The second-order valence-corrected chi connectivity index (χ2v) is 5.12. The van der Waals surface area contributed by atoms with Crippen molar-refractivity contribution in [3.05, 3.63) is 59.7 Å². The minimum absolute atomic E-state index is 0.0267. The zero-order valence-corrected chi connectivity index (χ0v) is 12.2. The zero-order chi connectivity index (χ0) is 15.4. The first-order valence-electron chi connectivity index (χ1n) is 6.80. The number of hydrogen-bond donors (Lipinski definition) is 2. The monoisotopic (exact) mass is 285 g/mol. The van der Waals surface area contributed by atoms with Crippen LogP contribution < -0.4 is 0 Å². The van der Waals surface area contributed by atoms with E-state index in [1.807, 2.05) is 13.0 Å². The molecular weight excluding hydrogens is 266 g/mol. The summed E-state index contributed by atoms with van der Waals surface area (Å²) in [5, 5.41) is 18.7. The van der Waals surface area contributed by atoms with Crippen LogP contribution in [-0.2, 0) is 11.2 Å². The third-order valence-corrected chi connectivity index (χ3v) is 3.62. The highest BCUT2D eigenvalue weighted by Gasteiger charge is 2.17. The van der Waals surface area contributed by atoms with Crippen molar-refractivity contribution in [3.8, 4) is 11.5 Å². The van der Waals surface area contributed by atoms with Crippen molar-refractivity contribution in [2.24, 2.45) is 0 Å². The summed E-state index contributed by atoms with van der Waals surface area (Å²) in [5.41, 5.74) is 1.74. The molecule has 0 bridgehead atoms. The molecule has 1 unspecified atom stereocenters. The van der Waals surface area contributed by atoms with Gasteiger partial charge in [-0.05, 0) is 42.3 Å². The highest BCUT2D eigenvalue weighted by molar-refractivity contribution is 5.79. The van der Waals surface area contributed by atoms with Crippen molar-refractivity contribution >= 4 is 5.91 Å². The summed E-state index contributed by atoms with van der Waals surface area (Å²) in [4.78, 5) is 14.0. The fraction of sp³-hybridized carbons (Fsp3) is 0.235. The minimum atomic E-state index is -0.0876. The molecular formula is C17H19NO3. The zero-order valence-electron chi connectivity index (χ0n) is 12.2. The van der Waals surface area contributed by atoms with Gasteiger partial charge >= 0.3 is 0 Å². The number of hydrogen-bond acceptors (Lipinski definition) is 3.